The number of methoxy groups -OCH3 is 1. The van der Waals surface area contributed by atoms with Gasteiger partial charge in [0.15, 0.2) is 5.82 Å². The van der Waals surface area contributed by atoms with Gasteiger partial charge < -0.3 is 4.74 Å². The lowest BCUT2D eigenvalue weighted by molar-refractivity contribution is 0.178. The molecule has 0 fully saturated rings. The Balaban J connectivity index is 2.52. The van der Waals surface area contributed by atoms with E-state index in [-0.39, 0.29) is 17.6 Å². The van der Waals surface area contributed by atoms with Gasteiger partial charge in [-0.15, -0.1) is 0 Å². The van der Waals surface area contributed by atoms with Crippen LogP contribution in [0, 0.1) is 12.7 Å². The van der Waals surface area contributed by atoms with Crippen molar-refractivity contribution in [3.05, 3.63) is 46.6 Å². The summed E-state index contributed by atoms with van der Waals surface area (Å²) in [6, 6.07) is 6.39. The van der Waals surface area contributed by atoms with E-state index in [0.717, 1.165) is 5.56 Å². The standard InChI is InChI=1S/C13H12ClFN2O/c1-8-3-4-10(15)9(5-8)11-6-12(14)17-13(16-11)7-18-2/h3-6H,7H2,1-2H3. The summed E-state index contributed by atoms with van der Waals surface area (Å²) in [5, 5.41) is 0.271. The van der Waals surface area contributed by atoms with Gasteiger partial charge in [0, 0.05) is 18.7 Å². The number of hydrogen-bond donors (Lipinski definition) is 0. The molecule has 0 amide bonds. The van der Waals surface area contributed by atoms with E-state index < -0.39 is 0 Å². The van der Waals surface area contributed by atoms with Gasteiger partial charge in [0.25, 0.3) is 0 Å². The smallest absolute Gasteiger partial charge is 0.156 e. The number of nitrogens with zero attached hydrogens (tertiary/aromatic N) is 2. The second kappa shape index (κ2) is 5.42. The molecule has 0 radical (unpaired) electrons. The predicted octanol–water partition coefficient (Wildman–Crippen LogP) is 3.39. The van der Waals surface area contributed by atoms with E-state index >= 15 is 0 Å². The Morgan fingerprint density at radius 2 is 2.06 bits per heavy atom. The molecular formula is C13H12ClFN2O. The molecule has 3 nitrogen and oxygen atoms in total. The maximum Gasteiger partial charge on any atom is 0.156 e. The minimum atomic E-state index is -0.335. The first-order chi connectivity index (χ1) is 8.60. The van der Waals surface area contributed by atoms with Gasteiger partial charge in [-0.25, -0.2) is 14.4 Å². The first-order valence-electron chi connectivity index (χ1n) is 5.39. The van der Waals surface area contributed by atoms with Gasteiger partial charge in [0.1, 0.15) is 17.6 Å². The Bertz CT molecular complexity index is 575. The van der Waals surface area contributed by atoms with E-state index in [4.69, 9.17) is 16.3 Å². The number of rotatable bonds is 3. The number of aryl methyl sites for hydroxylation is 1. The second-order valence-electron chi connectivity index (χ2n) is 3.91. The molecule has 0 aliphatic rings. The summed E-state index contributed by atoms with van der Waals surface area (Å²) < 4.78 is 18.7. The van der Waals surface area contributed by atoms with Crippen molar-refractivity contribution in [3.63, 3.8) is 0 Å². The fourth-order valence-corrected chi connectivity index (χ4v) is 1.83. The van der Waals surface area contributed by atoms with Gasteiger partial charge in [-0.3, -0.25) is 0 Å². The van der Waals surface area contributed by atoms with Crippen LogP contribution in [-0.4, -0.2) is 17.1 Å². The summed E-state index contributed by atoms with van der Waals surface area (Å²) in [6.07, 6.45) is 0. The molecule has 5 heteroatoms. The van der Waals surface area contributed by atoms with E-state index in [1.807, 2.05) is 6.92 Å². The first-order valence-corrected chi connectivity index (χ1v) is 5.77. The van der Waals surface area contributed by atoms with Crippen molar-refractivity contribution in [1.82, 2.24) is 9.97 Å². The van der Waals surface area contributed by atoms with E-state index in [2.05, 4.69) is 9.97 Å². The largest absolute Gasteiger partial charge is 0.377 e. The number of benzene rings is 1. The quantitative estimate of drug-likeness (QED) is 0.799. The molecule has 2 aromatic rings. The van der Waals surface area contributed by atoms with Gasteiger partial charge in [-0.1, -0.05) is 23.2 Å². The SMILES string of the molecule is COCc1nc(Cl)cc(-c2cc(C)ccc2F)n1. The summed E-state index contributed by atoms with van der Waals surface area (Å²) >= 11 is 5.90. The molecule has 0 aliphatic carbocycles. The Morgan fingerprint density at radius 1 is 1.28 bits per heavy atom. The fraction of sp³-hybridized carbons (Fsp3) is 0.231. The molecule has 0 bridgehead atoms. The topological polar surface area (TPSA) is 35.0 Å². The van der Waals surface area contributed by atoms with E-state index in [1.54, 1.807) is 18.2 Å². The van der Waals surface area contributed by atoms with Crippen LogP contribution in [0.1, 0.15) is 11.4 Å². The zero-order valence-corrected chi connectivity index (χ0v) is 10.8. The first kappa shape index (κ1) is 12.9. The van der Waals surface area contributed by atoms with Crippen LogP contribution in [0.4, 0.5) is 4.39 Å². The van der Waals surface area contributed by atoms with Crippen LogP contribution < -0.4 is 0 Å². The molecule has 0 saturated carbocycles. The summed E-state index contributed by atoms with van der Waals surface area (Å²) in [5.41, 5.74) is 1.83. The van der Waals surface area contributed by atoms with Crippen molar-refractivity contribution >= 4 is 11.6 Å². The molecule has 0 unspecified atom stereocenters. The molecule has 18 heavy (non-hydrogen) atoms. The summed E-state index contributed by atoms with van der Waals surface area (Å²) in [4.78, 5) is 8.24. The predicted molar refractivity (Wildman–Crippen MR) is 67.9 cm³/mol. The zero-order valence-electron chi connectivity index (χ0n) is 10.1. The van der Waals surface area contributed by atoms with Crippen molar-refractivity contribution in [2.75, 3.05) is 7.11 Å². The molecule has 1 aromatic heterocycles. The van der Waals surface area contributed by atoms with E-state index in [9.17, 15) is 4.39 Å². The highest BCUT2D eigenvalue weighted by molar-refractivity contribution is 6.29. The third kappa shape index (κ3) is 2.83. The van der Waals surface area contributed by atoms with Crippen molar-refractivity contribution < 1.29 is 9.13 Å². The maximum absolute atomic E-state index is 13.8. The minimum absolute atomic E-state index is 0.237. The third-order valence-electron chi connectivity index (χ3n) is 2.41. The molecule has 0 N–H and O–H groups in total. The molecule has 1 heterocycles. The summed E-state index contributed by atoms with van der Waals surface area (Å²) in [5.74, 6) is 0.0969. The van der Waals surface area contributed by atoms with Gasteiger partial charge in [-0.2, -0.15) is 0 Å². The minimum Gasteiger partial charge on any atom is -0.377 e. The Hall–Kier alpha value is -1.52. The Kier molecular flexibility index (Phi) is 3.89. The van der Waals surface area contributed by atoms with Crippen LogP contribution in [0.15, 0.2) is 24.3 Å². The normalized spacial score (nSPS) is 10.7. The van der Waals surface area contributed by atoms with Crippen LogP contribution in [0.3, 0.4) is 0 Å². The van der Waals surface area contributed by atoms with Crippen molar-refractivity contribution in [2.45, 2.75) is 13.5 Å². The van der Waals surface area contributed by atoms with Crippen molar-refractivity contribution in [2.24, 2.45) is 0 Å². The van der Waals surface area contributed by atoms with Crippen molar-refractivity contribution in [1.29, 1.82) is 0 Å². The Labute approximate surface area is 110 Å². The van der Waals surface area contributed by atoms with Gasteiger partial charge in [0.2, 0.25) is 0 Å². The summed E-state index contributed by atoms with van der Waals surface area (Å²) in [7, 11) is 1.54. The fourth-order valence-electron chi connectivity index (χ4n) is 1.63. The maximum atomic E-state index is 13.8. The average molecular weight is 267 g/mol. The third-order valence-corrected chi connectivity index (χ3v) is 2.61. The number of hydrogen-bond acceptors (Lipinski definition) is 3. The van der Waals surface area contributed by atoms with E-state index in [1.165, 1.54) is 13.2 Å². The molecule has 1 aromatic carbocycles. The lowest BCUT2D eigenvalue weighted by atomic mass is 10.1. The summed E-state index contributed by atoms with van der Waals surface area (Å²) in [6.45, 7) is 2.13. The van der Waals surface area contributed by atoms with E-state index in [0.29, 0.717) is 17.1 Å². The highest BCUT2D eigenvalue weighted by Gasteiger charge is 2.10. The van der Waals surface area contributed by atoms with Gasteiger partial charge in [0.05, 0.1) is 5.69 Å². The monoisotopic (exact) mass is 266 g/mol. The zero-order chi connectivity index (χ0) is 13.1. The lowest BCUT2D eigenvalue weighted by Gasteiger charge is -2.06. The highest BCUT2D eigenvalue weighted by atomic mass is 35.5. The van der Waals surface area contributed by atoms with Crippen LogP contribution in [0.2, 0.25) is 5.15 Å². The molecule has 0 saturated heterocycles. The van der Waals surface area contributed by atoms with Crippen LogP contribution in [-0.2, 0) is 11.3 Å². The molecule has 94 valence electrons. The van der Waals surface area contributed by atoms with Gasteiger partial charge in [-0.05, 0) is 19.1 Å². The highest BCUT2D eigenvalue weighted by Crippen LogP contribution is 2.24. The van der Waals surface area contributed by atoms with Crippen LogP contribution in [0.5, 0.6) is 0 Å². The second-order valence-corrected chi connectivity index (χ2v) is 4.30. The number of ether oxygens (including phenoxy) is 1. The van der Waals surface area contributed by atoms with Crippen LogP contribution >= 0.6 is 11.6 Å². The number of halogens is 2. The molecule has 0 atom stereocenters. The molecule has 2 rings (SSSR count). The van der Waals surface area contributed by atoms with Crippen LogP contribution in [0.25, 0.3) is 11.3 Å². The number of aromatic nitrogens is 2. The van der Waals surface area contributed by atoms with Crippen molar-refractivity contribution in [3.8, 4) is 11.3 Å². The lowest BCUT2D eigenvalue weighted by Crippen LogP contribution is -2.00. The molecular weight excluding hydrogens is 255 g/mol. The molecule has 0 aliphatic heterocycles. The Morgan fingerprint density at radius 3 is 2.78 bits per heavy atom. The average Bonchev–Trinajstić information content (AvgIpc) is 2.32. The van der Waals surface area contributed by atoms with Gasteiger partial charge >= 0.3 is 0 Å². The molecule has 0 spiro atoms.